The van der Waals surface area contributed by atoms with E-state index >= 15 is 0 Å². The molecule has 72 valence electrons. The van der Waals surface area contributed by atoms with Gasteiger partial charge < -0.3 is 10.5 Å². The van der Waals surface area contributed by atoms with E-state index < -0.39 is 0 Å². The van der Waals surface area contributed by atoms with Crippen molar-refractivity contribution in [3.63, 3.8) is 0 Å². The molecule has 0 aliphatic heterocycles. The van der Waals surface area contributed by atoms with Crippen LogP contribution in [0.1, 0.15) is 18.5 Å². The maximum Gasteiger partial charge on any atom is 0.0659 e. The van der Waals surface area contributed by atoms with Crippen molar-refractivity contribution in [1.82, 2.24) is 0 Å². The zero-order chi connectivity index (χ0) is 9.68. The van der Waals surface area contributed by atoms with Crippen molar-refractivity contribution >= 4 is 22.6 Å². The zero-order valence-corrected chi connectivity index (χ0v) is 9.82. The number of benzene rings is 1. The summed E-state index contributed by atoms with van der Waals surface area (Å²) in [7, 11) is 0. The molecule has 0 fully saturated rings. The molecule has 0 heterocycles. The molecule has 1 unspecified atom stereocenters. The molecule has 2 nitrogen and oxygen atoms in total. The maximum absolute atomic E-state index is 5.92. The molecule has 1 aromatic rings. The Hall–Kier alpha value is -0.130. The van der Waals surface area contributed by atoms with Gasteiger partial charge in [0.15, 0.2) is 0 Å². The average Bonchev–Trinajstić information content (AvgIpc) is 2.14. The van der Waals surface area contributed by atoms with Gasteiger partial charge in [0.1, 0.15) is 0 Å². The minimum absolute atomic E-state index is 0.00494. The third-order valence-electron chi connectivity index (χ3n) is 1.78. The van der Waals surface area contributed by atoms with Crippen molar-refractivity contribution in [3.8, 4) is 0 Å². The molecule has 3 heteroatoms. The number of halogens is 1. The summed E-state index contributed by atoms with van der Waals surface area (Å²) in [6.07, 6.45) is 0. The van der Waals surface area contributed by atoms with Gasteiger partial charge in [-0.3, -0.25) is 0 Å². The molecule has 2 N–H and O–H groups in total. The Balaban J connectivity index is 2.60. The van der Waals surface area contributed by atoms with Crippen LogP contribution < -0.4 is 5.73 Å². The molecule has 0 aliphatic carbocycles. The highest BCUT2D eigenvalue weighted by atomic mass is 127. The van der Waals surface area contributed by atoms with Crippen molar-refractivity contribution in [2.45, 2.75) is 13.0 Å². The van der Waals surface area contributed by atoms with E-state index in [-0.39, 0.29) is 6.04 Å². The molecule has 0 spiro atoms. The van der Waals surface area contributed by atoms with Crippen LogP contribution in [0.15, 0.2) is 24.3 Å². The monoisotopic (exact) mass is 291 g/mol. The molecule has 0 saturated heterocycles. The van der Waals surface area contributed by atoms with E-state index in [2.05, 4.69) is 34.7 Å². The summed E-state index contributed by atoms with van der Waals surface area (Å²) in [6.45, 7) is 3.29. The second-order valence-electron chi connectivity index (χ2n) is 2.82. The van der Waals surface area contributed by atoms with Gasteiger partial charge in [-0.05, 0) is 47.2 Å². The zero-order valence-electron chi connectivity index (χ0n) is 7.66. The van der Waals surface area contributed by atoms with E-state index in [1.807, 2.05) is 19.1 Å². The van der Waals surface area contributed by atoms with E-state index in [1.54, 1.807) is 0 Å². The topological polar surface area (TPSA) is 35.2 Å². The lowest BCUT2D eigenvalue weighted by Gasteiger charge is -2.11. The van der Waals surface area contributed by atoms with Crippen LogP contribution in [0.25, 0.3) is 0 Å². The summed E-state index contributed by atoms with van der Waals surface area (Å²) in [5, 5.41) is 0. The van der Waals surface area contributed by atoms with Gasteiger partial charge in [0, 0.05) is 10.2 Å². The molecule has 1 rings (SSSR count). The van der Waals surface area contributed by atoms with Gasteiger partial charge in [-0.1, -0.05) is 12.1 Å². The van der Waals surface area contributed by atoms with Crippen LogP contribution >= 0.6 is 22.6 Å². The Morgan fingerprint density at radius 3 is 2.92 bits per heavy atom. The molecule has 1 atom stereocenters. The van der Waals surface area contributed by atoms with Crippen molar-refractivity contribution in [2.75, 3.05) is 13.2 Å². The number of hydrogen-bond donors (Lipinski definition) is 1. The summed E-state index contributed by atoms with van der Waals surface area (Å²) < 4.78 is 6.47. The Kier molecular flexibility index (Phi) is 4.69. The van der Waals surface area contributed by atoms with Gasteiger partial charge in [-0.25, -0.2) is 0 Å². The minimum Gasteiger partial charge on any atom is -0.380 e. The van der Waals surface area contributed by atoms with Gasteiger partial charge in [0.25, 0.3) is 0 Å². The fourth-order valence-corrected chi connectivity index (χ4v) is 1.65. The largest absolute Gasteiger partial charge is 0.380 e. The summed E-state index contributed by atoms with van der Waals surface area (Å²) in [6, 6.07) is 8.19. The van der Waals surface area contributed by atoms with E-state index in [0.717, 1.165) is 12.2 Å². The lowest BCUT2D eigenvalue weighted by atomic mass is 10.1. The second-order valence-corrected chi connectivity index (χ2v) is 4.07. The normalized spacial score (nSPS) is 12.8. The van der Waals surface area contributed by atoms with E-state index in [1.165, 1.54) is 3.57 Å². The van der Waals surface area contributed by atoms with Crippen molar-refractivity contribution in [1.29, 1.82) is 0 Å². The van der Waals surface area contributed by atoms with Crippen LogP contribution in [0.3, 0.4) is 0 Å². The highest BCUT2D eigenvalue weighted by molar-refractivity contribution is 14.1. The van der Waals surface area contributed by atoms with Crippen molar-refractivity contribution < 1.29 is 4.74 Å². The minimum atomic E-state index is -0.00494. The lowest BCUT2D eigenvalue weighted by Crippen LogP contribution is -2.17. The first-order chi connectivity index (χ1) is 6.24. The molecule has 13 heavy (non-hydrogen) atoms. The molecular formula is C10H14INO. The van der Waals surface area contributed by atoms with E-state index in [0.29, 0.717) is 6.61 Å². The van der Waals surface area contributed by atoms with Gasteiger partial charge >= 0.3 is 0 Å². The first kappa shape index (κ1) is 10.9. The first-order valence-corrected chi connectivity index (χ1v) is 5.40. The quantitative estimate of drug-likeness (QED) is 0.864. The van der Waals surface area contributed by atoms with Crippen LogP contribution in [0.2, 0.25) is 0 Å². The summed E-state index contributed by atoms with van der Waals surface area (Å²) in [4.78, 5) is 0. The smallest absolute Gasteiger partial charge is 0.0659 e. The summed E-state index contributed by atoms with van der Waals surface area (Å²) in [5.74, 6) is 0. The lowest BCUT2D eigenvalue weighted by molar-refractivity contribution is 0.133. The Bertz CT molecular complexity index is 265. The molecule has 0 radical (unpaired) electrons. The highest BCUT2D eigenvalue weighted by Crippen LogP contribution is 2.14. The van der Waals surface area contributed by atoms with Gasteiger partial charge in [0.05, 0.1) is 12.6 Å². The van der Waals surface area contributed by atoms with E-state index in [9.17, 15) is 0 Å². The standard InChI is InChI=1S/C10H14INO/c1-2-13-7-10(12)8-4-3-5-9(11)6-8/h3-6,10H,2,7,12H2,1H3. The number of rotatable bonds is 4. The van der Waals surface area contributed by atoms with E-state index in [4.69, 9.17) is 10.5 Å². The summed E-state index contributed by atoms with van der Waals surface area (Å²) in [5.41, 5.74) is 7.06. The van der Waals surface area contributed by atoms with Gasteiger partial charge in [-0.2, -0.15) is 0 Å². The molecule has 1 aromatic carbocycles. The van der Waals surface area contributed by atoms with Crippen LogP contribution in [-0.4, -0.2) is 13.2 Å². The van der Waals surface area contributed by atoms with Crippen LogP contribution in [-0.2, 0) is 4.74 Å². The molecule has 0 saturated carbocycles. The highest BCUT2D eigenvalue weighted by Gasteiger charge is 2.05. The first-order valence-electron chi connectivity index (χ1n) is 4.33. The summed E-state index contributed by atoms with van der Waals surface area (Å²) >= 11 is 2.28. The number of nitrogens with two attached hydrogens (primary N) is 1. The fourth-order valence-electron chi connectivity index (χ4n) is 1.08. The Labute approximate surface area is 92.6 Å². The fraction of sp³-hybridized carbons (Fsp3) is 0.400. The molecule has 0 bridgehead atoms. The van der Waals surface area contributed by atoms with Gasteiger partial charge in [-0.15, -0.1) is 0 Å². The molecule has 0 aliphatic rings. The maximum atomic E-state index is 5.92. The van der Waals surface area contributed by atoms with Crippen LogP contribution in [0.5, 0.6) is 0 Å². The third kappa shape index (κ3) is 3.62. The number of ether oxygens (including phenoxy) is 1. The Morgan fingerprint density at radius 1 is 1.54 bits per heavy atom. The van der Waals surface area contributed by atoms with Crippen molar-refractivity contribution in [2.24, 2.45) is 5.73 Å². The second kappa shape index (κ2) is 5.57. The number of hydrogen-bond acceptors (Lipinski definition) is 2. The Morgan fingerprint density at radius 2 is 2.31 bits per heavy atom. The predicted molar refractivity (Wildman–Crippen MR) is 62.6 cm³/mol. The van der Waals surface area contributed by atoms with Crippen molar-refractivity contribution in [3.05, 3.63) is 33.4 Å². The predicted octanol–water partition coefficient (Wildman–Crippen LogP) is 2.33. The molecule has 0 amide bonds. The van der Waals surface area contributed by atoms with Crippen LogP contribution in [0.4, 0.5) is 0 Å². The SMILES string of the molecule is CCOCC(N)c1cccc(I)c1. The third-order valence-corrected chi connectivity index (χ3v) is 2.45. The van der Waals surface area contributed by atoms with Gasteiger partial charge in [0.2, 0.25) is 0 Å². The molecule has 0 aromatic heterocycles. The van der Waals surface area contributed by atoms with Crippen LogP contribution in [0, 0.1) is 3.57 Å². The molecular weight excluding hydrogens is 277 g/mol. The average molecular weight is 291 g/mol.